The number of halogens is 1. The van der Waals surface area contributed by atoms with Crippen LogP contribution in [-0.4, -0.2) is 27.7 Å². The number of nitriles is 1. The SMILES string of the molecule is N#Cc1cnn(CC(O)CF)c1. The molecular formula is C7H8FN3O. The summed E-state index contributed by atoms with van der Waals surface area (Å²) in [6.07, 6.45) is 1.78. The van der Waals surface area contributed by atoms with Gasteiger partial charge in [-0.15, -0.1) is 0 Å². The van der Waals surface area contributed by atoms with E-state index in [0.717, 1.165) is 0 Å². The molecule has 0 spiro atoms. The van der Waals surface area contributed by atoms with Gasteiger partial charge in [-0.05, 0) is 0 Å². The molecule has 1 N–H and O–H groups in total. The highest BCUT2D eigenvalue weighted by Crippen LogP contribution is 1.97. The highest BCUT2D eigenvalue weighted by Gasteiger charge is 2.04. The maximum atomic E-state index is 11.8. The number of hydrogen-bond acceptors (Lipinski definition) is 3. The zero-order chi connectivity index (χ0) is 8.97. The lowest BCUT2D eigenvalue weighted by atomic mass is 10.4. The maximum Gasteiger partial charge on any atom is 0.117 e. The van der Waals surface area contributed by atoms with Gasteiger partial charge in [-0.25, -0.2) is 4.39 Å². The molecule has 4 nitrogen and oxygen atoms in total. The van der Waals surface area contributed by atoms with Gasteiger partial charge in [0.1, 0.15) is 18.8 Å². The Hall–Kier alpha value is -1.41. The van der Waals surface area contributed by atoms with E-state index in [2.05, 4.69) is 5.10 Å². The Labute approximate surface area is 68.9 Å². The van der Waals surface area contributed by atoms with E-state index in [1.54, 1.807) is 0 Å². The topological polar surface area (TPSA) is 61.8 Å². The van der Waals surface area contributed by atoms with Gasteiger partial charge in [-0.2, -0.15) is 10.4 Å². The standard InChI is InChI=1S/C7H8FN3O/c8-1-7(12)5-11-4-6(2-9)3-10-11/h3-4,7,12H,1,5H2. The van der Waals surface area contributed by atoms with Crippen molar-refractivity contribution in [1.29, 1.82) is 5.26 Å². The first-order valence-corrected chi connectivity index (χ1v) is 3.43. The van der Waals surface area contributed by atoms with Crippen LogP contribution < -0.4 is 0 Å². The van der Waals surface area contributed by atoms with Crippen LogP contribution in [0.5, 0.6) is 0 Å². The number of rotatable bonds is 3. The van der Waals surface area contributed by atoms with Gasteiger partial charge in [0.25, 0.3) is 0 Å². The molecule has 0 aliphatic carbocycles. The van der Waals surface area contributed by atoms with Crippen molar-refractivity contribution in [2.75, 3.05) is 6.67 Å². The second kappa shape index (κ2) is 3.83. The Morgan fingerprint density at radius 2 is 2.58 bits per heavy atom. The van der Waals surface area contributed by atoms with Crippen LogP contribution in [0.2, 0.25) is 0 Å². The summed E-state index contributed by atoms with van der Waals surface area (Å²) in [7, 11) is 0. The van der Waals surface area contributed by atoms with Crippen LogP contribution in [-0.2, 0) is 6.54 Å². The third kappa shape index (κ3) is 2.04. The molecule has 1 aromatic heterocycles. The predicted molar refractivity (Wildman–Crippen MR) is 38.9 cm³/mol. The third-order valence-corrected chi connectivity index (χ3v) is 1.34. The monoisotopic (exact) mass is 169 g/mol. The van der Waals surface area contributed by atoms with E-state index >= 15 is 0 Å². The summed E-state index contributed by atoms with van der Waals surface area (Å²) in [4.78, 5) is 0. The van der Waals surface area contributed by atoms with Crippen LogP contribution in [0.4, 0.5) is 4.39 Å². The van der Waals surface area contributed by atoms with Crippen molar-refractivity contribution >= 4 is 0 Å². The number of aromatic nitrogens is 2. The zero-order valence-corrected chi connectivity index (χ0v) is 6.31. The molecule has 0 fully saturated rings. The maximum absolute atomic E-state index is 11.8. The summed E-state index contributed by atoms with van der Waals surface area (Å²) < 4.78 is 13.1. The highest BCUT2D eigenvalue weighted by molar-refractivity contribution is 5.21. The normalized spacial score (nSPS) is 12.4. The predicted octanol–water partition coefficient (Wildman–Crippen LogP) is 0.0852. The number of alkyl halides is 1. The van der Waals surface area contributed by atoms with Crippen LogP contribution in [0.25, 0.3) is 0 Å². The Bertz CT molecular complexity index is 291. The summed E-state index contributed by atoms with van der Waals surface area (Å²) in [5.41, 5.74) is 0.404. The third-order valence-electron chi connectivity index (χ3n) is 1.34. The van der Waals surface area contributed by atoms with Gasteiger partial charge in [0.2, 0.25) is 0 Å². The molecule has 1 unspecified atom stereocenters. The molecule has 5 heteroatoms. The first-order valence-electron chi connectivity index (χ1n) is 3.43. The van der Waals surface area contributed by atoms with E-state index in [1.165, 1.54) is 17.1 Å². The Kier molecular flexibility index (Phi) is 2.77. The van der Waals surface area contributed by atoms with Crippen molar-refractivity contribution in [3.8, 4) is 6.07 Å². The first-order chi connectivity index (χ1) is 5.76. The van der Waals surface area contributed by atoms with Crippen molar-refractivity contribution in [1.82, 2.24) is 9.78 Å². The lowest BCUT2D eigenvalue weighted by Crippen LogP contribution is -2.17. The number of aliphatic hydroxyl groups excluding tert-OH is 1. The minimum Gasteiger partial charge on any atom is -0.388 e. The minimum absolute atomic E-state index is 0.0815. The quantitative estimate of drug-likeness (QED) is 0.697. The molecule has 0 saturated carbocycles. The largest absolute Gasteiger partial charge is 0.388 e. The molecule has 0 radical (unpaired) electrons. The number of nitrogens with zero attached hydrogens (tertiary/aromatic N) is 3. The van der Waals surface area contributed by atoms with Gasteiger partial charge in [-0.1, -0.05) is 0 Å². The minimum atomic E-state index is -1.04. The summed E-state index contributed by atoms with van der Waals surface area (Å²) in [6, 6.07) is 1.88. The van der Waals surface area contributed by atoms with E-state index in [0.29, 0.717) is 5.56 Å². The van der Waals surface area contributed by atoms with Crippen LogP contribution in [0.3, 0.4) is 0 Å². The average Bonchev–Trinajstić information content (AvgIpc) is 2.52. The van der Waals surface area contributed by atoms with Gasteiger partial charge in [0.15, 0.2) is 0 Å². The summed E-state index contributed by atoms with van der Waals surface area (Å²) in [6.45, 7) is -0.722. The number of hydrogen-bond donors (Lipinski definition) is 1. The van der Waals surface area contributed by atoms with Crippen LogP contribution >= 0.6 is 0 Å². The number of aliphatic hydroxyl groups is 1. The summed E-state index contributed by atoms with van der Waals surface area (Å²) >= 11 is 0. The molecule has 12 heavy (non-hydrogen) atoms. The lowest BCUT2D eigenvalue weighted by Gasteiger charge is -2.04. The molecule has 1 atom stereocenters. The molecule has 0 aliphatic rings. The van der Waals surface area contributed by atoms with Crippen molar-refractivity contribution in [3.05, 3.63) is 18.0 Å². The fourth-order valence-electron chi connectivity index (χ4n) is 0.786. The molecule has 0 aliphatic heterocycles. The molecule has 1 rings (SSSR count). The second-order valence-electron chi connectivity index (χ2n) is 2.37. The molecule has 0 bridgehead atoms. The van der Waals surface area contributed by atoms with Gasteiger partial charge in [0.05, 0.1) is 18.3 Å². The molecule has 0 saturated heterocycles. The summed E-state index contributed by atoms with van der Waals surface area (Å²) in [5, 5.41) is 21.0. The van der Waals surface area contributed by atoms with E-state index < -0.39 is 12.8 Å². The van der Waals surface area contributed by atoms with Crippen molar-refractivity contribution < 1.29 is 9.50 Å². The van der Waals surface area contributed by atoms with Crippen molar-refractivity contribution in [2.45, 2.75) is 12.6 Å². The van der Waals surface area contributed by atoms with E-state index in [-0.39, 0.29) is 6.54 Å². The fourth-order valence-corrected chi connectivity index (χ4v) is 0.786. The Morgan fingerprint density at radius 3 is 3.08 bits per heavy atom. The second-order valence-corrected chi connectivity index (χ2v) is 2.37. The molecule has 64 valence electrons. The van der Waals surface area contributed by atoms with E-state index in [4.69, 9.17) is 10.4 Å². The summed E-state index contributed by atoms with van der Waals surface area (Å²) in [5.74, 6) is 0. The van der Waals surface area contributed by atoms with Gasteiger partial charge < -0.3 is 5.11 Å². The highest BCUT2D eigenvalue weighted by atomic mass is 19.1. The first kappa shape index (κ1) is 8.68. The fraction of sp³-hybridized carbons (Fsp3) is 0.429. The van der Waals surface area contributed by atoms with Crippen molar-refractivity contribution in [3.63, 3.8) is 0 Å². The van der Waals surface area contributed by atoms with Crippen molar-refractivity contribution in [2.24, 2.45) is 0 Å². The molecule has 1 heterocycles. The Morgan fingerprint density at radius 1 is 1.83 bits per heavy atom. The average molecular weight is 169 g/mol. The molecule has 0 aromatic carbocycles. The van der Waals surface area contributed by atoms with Crippen LogP contribution in [0.1, 0.15) is 5.56 Å². The van der Waals surface area contributed by atoms with Gasteiger partial charge in [0, 0.05) is 6.20 Å². The van der Waals surface area contributed by atoms with Gasteiger partial charge in [-0.3, -0.25) is 4.68 Å². The van der Waals surface area contributed by atoms with E-state index in [9.17, 15) is 4.39 Å². The van der Waals surface area contributed by atoms with Gasteiger partial charge >= 0.3 is 0 Å². The lowest BCUT2D eigenvalue weighted by molar-refractivity contribution is 0.118. The smallest absolute Gasteiger partial charge is 0.117 e. The molecule has 1 aromatic rings. The zero-order valence-electron chi connectivity index (χ0n) is 6.31. The Balaban J connectivity index is 2.59. The molecular weight excluding hydrogens is 161 g/mol. The molecule has 0 amide bonds. The van der Waals surface area contributed by atoms with E-state index in [1.807, 2.05) is 6.07 Å². The van der Waals surface area contributed by atoms with Crippen LogP contribution in [0, 0.1) is 11.3 Å². The van der Waals surface area contributed by atoms with Crippen LogP contribution in [0.15, 0.2) is 12.4 Å².